The Bertz CT molecular complexity index is 3300. The molecule has 0 atom stereocenters. The summed E-state index contributed by atoms with van der Waals surface area (Å²) in [4.78, 5) is 4.73. The van der Waals surface area contributed by atoms with Crippen molar-refractivity contribution in [2.24, 2.45) is 0 Å². The molecule has 0 aliphatic heterocycles. The van der Waals surface area contributed by atoms with Crippen molar-refractivity contribution in [3.8, 4) is 22.3 Å². The Hall–Kier alpha value is -7.94. The molecule has 0 saturated carbocycles. The van der Waals surface area contributed by atoms with Crippen LogP contribution in [-0.2, 0) is 0 Å². The van der Waals surface area contributed by atoms with Crippen molar-refractivity contribution in [1.29, 1.82) is 0 Å². The predicted octanol–water partition coefficient (Wildman–Crippen LogP) is 16.6. The number of anilines is 6. The van der Waals surface area contributed by atoms with E-state index in [1.165, 1.54) is 65.3 Å². The van der Waals surface area contributed by atoms with Gasteiger partial charge < -0.3 is 9.80 Å². The summed E-state index contributed by atoms with van der Waals surface area (Å²) in [5.74, 6) is 0. The minimum atomic E-state index is 1.12. The summed E-state index contributed by atoms with van der Waals surface area (Å²) >= 11 is 0. The molecule has 0 unspecified atom stereocenters. The van der Waals surface area contributed by atoms with Gasteiger partial charge in [-0.25, -0.2) is 0 Å². The Kier molecular flexibility index (Phi) is 8.87. The zero-order chi connectivity index (χ0) is 39.8. The Balaban J connectivity index is 0.942. The zero-order valence-corrected chi connectivity index (χ0v) is 33.0. The molecule has 0 heterocycles. The Morgan fingerprint density at radius 2 is 0.650 bits per heavy atom. The standard InChI is InChI=1S/C58H40N2/c1-3-12-41(13-4-1)43-24-30-51(31-25-43)59(53-34-28-42-14-7-8-16-46(42)39-53)54-35-37-56-49(40-54)23-22-48-38-47(29-36-55(48)56)44-26-32-52(33-27-44)60(50-18-5-2-6-19-50)58-21-11-17-45-15-9-10-20-57(45)58/h1-40H. The van der Waals surface area contributed by atoms with Crippen molar-refractivity contribution in [2.45, 2.75) is 0 Å². The van der Waals surface area contributed by atoms with E-state index in [4.69, 9.17) is 0 Å². The summed E-state index contributed by atoms with van der Waals surface area (Å²) < 4.78 is 0. The van der Waals surface area contributed by atoms with Crippen LogP contribution in [0.4, 0.5) is 34.1 Å². The van der Waals surface area contributed by atoms with Crippen LogP contribution in [0.25, 0.3) is 65.3 Å². The van der Waals surface area contributed by atoms with Gasteiger partial charge in [0.15, 0.2) is 0 Å². The van der Waals surface area contributed by atoms with Gasteiger partial charge in [0, 0.05) is 33.8 Å². The van der Waals surface area contributed by atoms with Crippen LogP contribution in [0.15, 0.2) is 243 Å². The van der Waals surface area contributed by atoms with E-state index in [0.29, 0.717) is 0 Å². The number of rotatable bonds is 8. The van der Waals surface area contributed by atoms with Crippen molar-refractivity contribution in [3.05, 3.63) is 243 Å². The van der Waals surface area contributed by atoms with Crippen LogP contribution in [0.3, 0.4) is 0 Å². The van der Waals surface area contributed by atoms with Gasteiger partial charge in [0.25, 0.3) is 0 Å². The van der Waals surface area contributed by atoms with Gasteiger partial charge in [-0.1, -0.05) is 170 Å². The molecule has 0 aromatic heterocycles. The molecule has 0 amide bonds. The summed E-state index contributed by atoms with van der Waals surface area (Å²) in [5, 5.41) is 9.82. The van der Waals surface area contributed by atoms with Crippen LogP contribution in [-0.4, -0.2) is 0 Å². The second-order valence-corrected chi connectivity index (χ2v) is 15.4. The molecule has 0 fully saturated rings. The monoisotopic (exact) mass is 764 g/mol. The van der Waals surface area contributed by atoms with Crippen LogP contribution in [0.2, 0.25) is 0 Å². The maximum atomic E-state index is 2.37. The molecular weight excluding hydrogens is 725 g/mol. The summed E-state index contributed by atoms with van der Waals surface area (Å²) in [6.07, 6.45) is 0. The molecule has 0 aliphatic carbocycles. The minimum absolute atomic E-state index is 1.12. The van der Waals surface area contributed by atoms with Crippen LogP contribution in [0.5, 0.6) is 0 Å². The van der Waals surface area contributed by atoms with E-state index in [1.54, 1.807) is 0 Å². The van der Waals surface area contributed by atoms with E-state index in [-0.39, 0.29) is 0 Å². The third kappa shape index (κ3) is 6.51. The van der Waals surface area contributed by atoms with Crippen LogP contribution in [0.1, 0.15) is 0 Å². The quantitative estimate of drug-likeness (QED) is 0.142. The van der Waals surface area contributed by atoms with Crippen LogP contribution < -0.4 is 9.80 Å². The summed E-state index contributed by atoms with van der Waals surface area (Å²) in [6, 6.07) is 87.9. The average molecular weight is 765 g/mol. The first-order valence-corrected chi connectivity index (χ1v) is 20.6. The minimum Gasteiger partial charge on any atom is -0.310 e. The first-order valence-electron chi connectivity index (χ1n) is 20.6. The average Bonchev–Trinajstić information content (AvgIpc) is 3.32. The molecule has 282 valence electrons. The lowest BCUT2D eigenvalue weighted by molar-refractivity contribution is 1.29. The number of hydrogen-bond donors (Lipinski definition) is 0. The third-order valence-corrected chi connectivity index (χ3v) is 11.8. The van der Waals surface area contributed by atoms with E-state index in [9.17, 15) is 0 Å². The molecule has 2 heteroatoms. The van der Waals surface area contributed by atoms with E-state index < -0.39 is 0 Å². The lowest BCUT2D eigenvalue weighted by Gasteiger charge is -2.27. The van der Waals surface area contributed by atoms with Gasteiger partial charge in [0.2, 0.25) is 0 Å². The predicted molar refractivity (Wildman–Crippen MR) is 257 cm³/mol. The molecule has 2 nitrogen and oxygen atoms in total. The number of nitrogens with zero attached hydrogens (tertiary/aromatic N) is 2. The number of fused-ring (bicyclic) bond motifs is 5. The van der Waals surface area contributed by atoms with Crippen molar-refractivity contribution in [3.63, 3.8) is 0 Å². The second-order valence-electron chi connectivity index (χ2n) is 15.4. The fourth-order valence-corrected chi connectivity index (χ4v) is 8.78. The second kappa shape index (κ2) is 15.1. The van der Waals surface area contributed by atoms with Gasteiger partial charge in [-0.3, -0.25) is 0 Å². The van der Waals surface area contributed by atoms with Gasteiger partial charge >= 0.3 is 0 Å². The Labute approximate surface area is 350 Å². The molecule has 0 N–H and O–H groups in total. The molecule has 60 heavy (non-hydrogen) atoms. The van der Waals surface area contributed by atoms with Crippen molar-refractivity contribution < 1.29 is 0 Å². The maximum Gasteiger partial charge on any atom is 0.0540 e. The van der Waals surface area contributed by atoms with Crippen LogP contribution >= 0.6 is 0 Å². The molecule has 11 aromatic carbocycles. The van der Waals surface area contributed by atoms with E-state index in [1.807, 2.05) is 0 Å². The molecule has 0 bridgehead atoms. The van der Waals surface area contributed by atoms with Gasteiger partial charge in [0.1, 0.15) is 0 Å². The van der Waals surface area contributed by atoms with E-state index >= 15 is 0 Å². The fourth-order valence-electron chi connectivity index (χ4n) is 8.78. The lowest BCUT2D eigenvalue weighted by Crippen LogP contribution is -2.10. The van der Waals surface area contributed by atoms with E-state index in [0.717, 1.165) is 34.1 Å². The Morgan fingerprint density at radius 1 is 0.200 bits per heavy atom. The van der Waals surface area contributed by atoms with Gasteiger partial charge in [-0.2, -0.15) is 0 Å². The Morgan fingerprint density at radius 3 is 1.38 bits per heavy atom. The molecule has 11 aromatic rings. The largest absolute Gasteiger partial charge is 0.310 e. The highest BCUT2D eigenvalue weighted by atomic mass is 15.1. The summed E-state index contributed by atoms with van der Waals surface area (Å²) in [5.41, 5.74) is 11.6. The number of para-hydroxylation sites is 1. The molecule has 0 aliphatic rings. The van der Waals surface area contributed by atoms with Crippen LogP contribution in [0, 0.1) is 0 Å². The first kappa shape index (κ1) is 35.2. The topological polar surface area (TPSA) is 6.48 Å². The summed E-state index contributed by atoms with van der Waals surface area (Å²) in [6.45, 7) is 0. The highest BCUT2D eigenvalue weighted by Gasteiger charge is 2.17. The molecule has 11 rings (SSSR count). The molecule has 0 spiro atoms. The zero-order valence-electron chi connectivity index (χ0n) is 33.0. The van der Waals surface area contributed by atoms with Crippen molar-refractivity contribution in [1.82, 2.24) is 0 Å². The normalized spacial score (nSPS) is 11.3. The maximum absolute atomic E-state index is 2.37. The smallest absolute Gasteiger partial charge is 0.0540 e. The summed E-state index contributed by atoms with van der Waals surface area (Å²) in [7, 11) is 0. The fraction of sp³-hybridized carbons (Fsp3) is 0. The van der Waals surface area contributed by atoms with Gasteiger partial charge in [-0.05, 0) is 133 Å². The highest BCUT2D eigenvalue weighted by Crippen LogP contribution is 2.42. The molecular formula is C58H40N2. The van der Waals surface area contributed by atoms with Crippen molar-refractivity contribution >= 4 is 77.2 Å². The first-order chi connectivity index (χ1) is 29.7. The third-order valence-electron chi connectivity index (χ3n) is 11.8. The lowest BCUT2D eigenvalue weighted by atomic mass is 9.96. The highest BCUT2D eigenvalue weighted by molar-refractivity contribution is 6.10. The van der Waals surface area contributed by atoms with E-state index in [2.05, 4.69) is 252 Å². The molecule has 0 radical (unpaired) electrons. The van der Waals surface area contributed by atoms with Gasteiger partial charge in [0.05, 0.1) is 5.69 Å². The molecule has 0 saturated heterocycles. The van der Waals surface area contributed by atoms with Crippen molar-refractivity contribution in [2.75, 3.05) is 9.80 Å². The number of hydrogen-bond acceptors (Lipinski definition) is 2. The number of benzene rings is 11. The SMILES string of the molecule is c1ccc(-c2ccc(N(c3ccc4ccccc4c3)c3ccc4c(ccc5cc(-c6ccc(N(c7ccccc7)c7cccc8ccccc78)cc6)ccc54)c3)cc2)cc1. The van der Waals surface area contributed by atoms with Gasteiger partial charge in [-0.15, -0.1) is 0 Å².